The van der Waals surface area contributed by atoms with E-state index < -0.39 is 42.2 Å². The summed E-state index contributed by atoms with van der Waals surface area (Å²) in [5.41, 5.74) is 2.98. The van der Waals surface area contributed by atoms with Gasteiger partial charge in [0.05, 0.1) is 12.1 Å². The summed E-state index contributed by atoms with van der Waals surface area (Å²) in [6.07, 6.45) is 5.87. The number of nitrogens with one attached hydrogen (secondary N) is 2. The van der Waals surface area contributed by atoms with Crippen molar-refractivity contribution in [3.05, 3.63) is 0 Å². The van der Waals surface area contributed by atoms with Gasteiger partial charge in [0, 0.05) is 70.9 Å². The van der Waals surface area contributed by atoms with Crippen LogP contribution in [0.5, 0.6) is 0 Å². The second-order valence-electron chi connectivity index (χ2n) is 15.7. The van der Waals surface area contributed by atoms with Gasteiger partial charge in [-0.2, -0.15) is 0 Å². The van der Waals surface area contributed by atoms with Crippen LogP contribution in [0.15, 0.2) is 0 Å². The van der Waals surface area contributed by atoms with Crippen molar-refractivity contribution in [3.8, 4) is 0 Å². The van der Waals surface area contributed by atoms with Gasteiger partial charge in [-0.15, -0.1) is 0 Å². The molecule has 0 aromatic heterocycles. The van der Waals surface area contributed by atoms with Crippen LogP contribution in [-0.2, 0) is 19.2 Å². The van der Waals surface area contributed by atoms with E-state index in [-0.39, 0.29) is 74.6 Å². The highest BCUT2D eigenvalue weighted by molar-refractivity contribution is 5.86. The van der Waals surface area contributed by atoms with Crippen LogP contribution >= 0.6 is 0 Å². The Balaban J connectivity index is 1.80. The first-order chi connectivity index (χ1) is 23.8. The topological polar surface area (TPSA) is 122 Å². The molecule has 0 heterocycles. The molecule has 3 rings (SSSR count). The van der Waals surface area contributed by atoms with E-state index in [2.05, 4.69) is 10.7 Å². The Morgan fingerprint density at radius 2 is 1.30 bits per heavy atom. The summed E-state index contributed by atoms with van der Waals surface area (Å²) in [6, 6.07) is -0.838. The summed E-state index contributed by atoms with van der Waals surface area (Å²) >= 11 is 0. The molecule has 0 bridgehead atoms. The Morgan fingerprint density at radius 1 is 0.740 bits per heavy atom. The van der Waals surface area contributed by atoms with Gasteiger partial charge in [-0.05, 0) is 82.5 Å². The number of hydrogen-bond donors (Lipinski definition) is 3. The molecule has 0 aromatic carbocycles. The number of carbonyl (C=O) groups excluding carboxylic acids is 4. The average Bonchev–Trinajstić information content (AvgIpc) is 3.06. The van der Waals surface area contributed by atoms with Crippen LogP contribution in [0.2, 0.25) is 0 Å². The Morgan fingerprint density at radius 3 is 1.86 bits per heavy atom. The van der Waals surface area contributed by atoms with E-state index >= 15 is 0 Å². The van der Waals surface area contributed by atoms with E-state index in [4.69, 9.17) is 0 Å². The number of hydrazine groups is 1. The standard InChI is InChI=1S/C38H67F2N5O5/c1-6-14-44(15-7-2)38(50)30-22-28(21-29(23-30)37(49)43(4)5)36(48)41-33(19-27-17-31(39)24-32(40)18-27)34(46)25-45(16-8-3)42-35(47)20-26-12-10-9-11-13-26/h26-34,46H,6-25H2,1-5H3,(H,41,48)(H,42,47). The normalized spacial score (nSPS) is 27.3. The molecular formula is C38H67F2N5O5. The van der Waals surface area contributed by atoms with Gasteiger partial charge in [-0.25, -0.2) is 13.8 Å². The van der Waals surface area contributed by atoms with Crippen LogP contribution in [0.3, 0.4) is 0 Å². The zero-order valence-corrected chi connectivity index (χ0v) is 31.5. The van der Waals surface area contributed by atoms with Gasteiger partial charge < -0.3 is 20.2 Å². The number of hydrogen-bond acceptors (Lipinski definition) is 6. The molecule has 0 aliphatic heterocycles. The van der Waals surface area contributed by atoms with Crippen LogP contribution in [0.25, 0.3) is 0 Å². The third-order valence-corrected chi connectivity index (χ3v) is 11.0. The Hall–Kier alpha value is -2.34. The molecule has 0 radical (unpaired) electrons. The van der Waals surface area contributed by atoms with E-state index in [1.807, 2.05) is 25.7 Å². The number of halogens is 2. The SMILES string of the molecule is CCCN(CC(O)C(CC1CC(F)CC(F)C1)NC(=O)C1CC(C(=O)N(C)C)CC(C(=O)N(CCC)CCC)C1)NC(=O)CC1CCCCC1. The molecule has 3 aliphatic rings. The molecule has 3 aliphatic carbocycles. The van der Waals surface area contributed by atoms with E-state index in [9.17, 15) is 33.1 Å². The van der Waals surface area contributed by atoms with Crippen LogP contribution in [0.1, 0.15) is 124 Å². The molecule has 12 heteroatoms. The lowest BCUT2D eigenvalue weighted by Gasteiger charge is -2.38. The lowest BCUT2D eigenvalue weighted by molar-refractivity contribution is -0.143. The van der Waals surface area contributed by atoms with Crippen molar-refractivity contribution in [2.24, 2.45) is 29.6 Å². The molecule has 4 amide bonds. The van der Waals surface area contributed by atoms with Crippen molar-refractivity contribution in [1.82, 2.24) is 25.6 Å². The first-order valence-corrected chi connectivity index (χ1v) is 19.7. The summed E-state index contributed by atoms with van der Waals surface area (Å²) < 4.78 is 29.0. The monoisotopic (exact) mass is 712 g/mol. The van der Waals surface area contributed by atoms with Gasteiger partial charge in [0.25, 0.3) is 0 Å². The first kappa shape index (κ1) is 42.1. The predicted octanol–water partition coefficient (Wildman–Crippen LogP) is 5.18. The summed E-state index contributed by atoms with van der Waals surface area (Å²) in [7, 11) is 3.35. The second-order valence-corrected chi connectivity index (χ2v) is 15.7. The van der Waals surface area contributed by atoms with Gasteiger partial charge in [-0.3, -0.25) is 24.6 Å². The van der Waals surface area contributed by atoms with Crippen LogP contribution in [-0.4, -0.2) is 108 Å². The third kappa shape index (κ3) is 13.3. The molecule has 7 atom stereocenters. The number of rotatable bonds is 18. The zero-order chi connectivity index (χ0) is 36.8. The first-order valence-electron chi connectivity index (χ1n) is 19.7. The fourth-order valence-electron chi connectivity index (χ4n) is 8.58. The average molecular weight is 712 g/mol. The van der Waals surface area contributed by atoms with Gasteiger partial charge in [-0.1, -0.05) is 40.0 Å². The van der Waals surface area contributed by atoms with Gasteiger partial charge in [0.15, 0.2) is 0 Å². The number of aliphatic hydroxyl groups excluding tert-OH is 1. The number of carbonyl (C=O) groups is 4. The van der Waals surface area contributed by atoms with E-state index in [0.29, 0.717) is 38.4 Å². The van der Waals surface area contributed by atoms with Crippen molar-refractivity contribution in [2.75, 3.05) is 40.3 Å². The highest BCUT2D eigenvalue weighted by Gasteiger charge is 2.42. The Kier molecular flexibility index (Phi) is 17.9. The summed E-state index contributed by atoms with van der Waals surface area (Å²) in [4.78, 5) is 57.5. The van der Waals surface area contributed by atoms with E-state index in [1.165, 1.54) is 11.3 Å². The number of alkyl halides is 2. The minimum absolute atomic E-state index is 0.0382. The molecular weight excluding hydrogens is 644 g/mol. The Bertz CT molecular complexity index is 1060. The fraction of sp³-hybridized carbons (Fsp3) is 0.895. The van der Waals surface area contributed by atoms with Crippen LogP contribution < -0.4 is 10.7 Å². The molecule has 3 fully saturated rings. The molecule has 288 valence electrons. The smallest absolute Gasteiger partial charge is 0.234 e. The lowest BCUT2D eigenvalue weighted by Crippen LogP contribution is -2.55. The second kappa shape index (κ2) is 21.2. The minimum Gasteiger partial charge on any atom is -0.390 e. The number of aliphatic hydroxyl groups is 1. The summed E-state index contributed by atoms with van der Waals surface area (Å²) in [5, 5.41) is 16.4. The third-order valence-electron chi connectivity index (χ3n) is 11.0. The summed E-state index contributed by atoms with van der Waals surface area (Å²) in [6.45, 7) is 7.76. The van der Waals surface area contributed by atoms with Crippen molar-refractivity contribution in [1.29, 1.82) is 0 Å². The Labute approximate surface area is 299 Å². The number of nitrogens with zero attached hydrogens (tertiary/aromatic N) is 3. The highest BCUT2D eigenvalue weighted by atomic mass is 19.1. The molecule has 0 aromatic rings. The molecule has 0 saturated heterocycles. The molecule has 3 N–H and O–H groups in total. The maximum absolute atomic E-state index is 14.5. The molecule has 0 spiro atoms. The molecule has 7 unspecified atom stereocenters. The largest absolute Gasteiger partial charge is 0.390 e. The van der Waals surface area contributed by atoms with Gasteiger partial charge in [0.2, 0.25) is 23.6 Å². The van der Waals surface area contributed by atoms with Crippen LogP contribution in [0.4, 0.5) is 8.78 Å². The molecule has 50 heavy (non-hydrogen) atoms. The van der Waals surface area contributed by atoms with Crippen molar-refractivity contribution in [3.63, 3.8) is 0 Å². The lowest BCUT2D eigenvalue weighted by atomic mass is 9.73. The van der Waals surface area contributed by atoms with Crippen molar-refractivity contribution in [2.45, 2.75) is 148 Å². The van der Waals surface area contributed by atoms with E-state index in [1.54, 1.807) is 19.1 Å². The van der Waals surface area contributed by atoms with Crippen molar-refractivity contribution < 1.29 is 33.1 Å². The molecule has 3 saturated carbocycles. The van der Waals surface area contributed by atoms with Gasteiger partial charge >= 0.3 is 0 Å². The maximum atomic E-state index is 14.5. The zero-order valence-electron chi connectivity index (χ0n) is 31.5. The maximum Gasteiger partial charge on any atom is 0.234 e. The minimum atomic E-state index is -1.29. The highest BCUT2D eigenvalue weighted by Crippen LogP contribution is 2.37. The number of amides is 4. The van der Waals surface area contributed by atoms with E-state index in [0.717, 1.165) is 44.9 Å². The summed E-state index contributed by atoms with van der Waals surface area (Å²) in [5.74, 6) is -2.31. The predicted molar refractivity (Wildman–Crippen MR) is 191 cm³/mol. The van der Waals surface area contributed by atoms with Crippen molar-refractivity contribution >= 4 is 23.6 Å². The van der Waals surface area contributed by atoms with Gasteiger partial charge in [0.1, 0.15) is 12.3 Å². The molecule has 10 nitrogen and oxygen atoms in total. The quantitative estimate of drug-likeness (QED) is 0.169. The van der Waals surface area contributed by atoms with Crippen LogP contribution in [0, 0.1) is 29.6 Å². The fourth-order valence-corrected chi connectivity index (χ4v) is 8.58.